The summed E-state index contributed by atoms with van der Waals surface area (Å²) in [5, 5.41) is 3.20. The SMILES string of the molecule is CN(C)CCNC(C(N)=O)C1CC1. The van der Waals surface area contributed by atoms with Crippen LogP contribution >= 0.6 is 0 Å². The van der Waals surface area contributed by atoms with E-state index in [0.717, 1.165) is 25.9 Å². The quantitative estimate of drug-likeness (QED) is 0.581. The van der Waals surface area contributed by atoms with Gasteiger partial charge in [0.15, 0.2) is 0 Å². The predicted octanol–water partition coefficient (Wildman–Crippen LogP) is -0.598. The maximum atomic E-state index is 11.0. The molecular weight excluding hydrogens is 166 g/mol. The fourth-order valence-electron chi connectivity index (χ4n) is 1.37. The molecule has 0 aromatic carbocycles. The van der Waals surface area contributed by atoms with Gasteiger partial charge in [-0.15, -0.1) is 0 Å². The fraction of sp³-hybridized carbons (Fsp3) is 0.889. The van der Waals surface area contributed by atoms with Crippen LogP contribution in [0.2, 0.25) is 0 Å². The fourth-order valence-corrected chi connectivity index (χ4v) is 1.37. The monoisotopic (exact) mass is 185 g/mol. The summed E-state index contributed by atoms with van der Waals surface area (Å²) < 4.78 is 0. The Morgan fingerprint density at radius 1 is 1.62 bits per heavy atom. The van der Waals surface area contributed by atoms with E-state index in [4.69, 9.17) is 5.73 Å². The van der Waals surface area contributed by atoms with Crippen molar-refractivity contribution in [3.05, 3.63) is 0 Å². The van der Waals surface area contributed by atoms with Gasteiger partial charge in [-0.2, -0.15) is 0 Å². The van der Waals surface area contributed by atoms with Crippen molar-refractivity contribution < 1.29 is 4.79 Å². The topological polar surface area (TPSA) is 58.4 Å². The number of nitrogens with one attached hydrogen (secondary N) is 1. The lowest BCUT2D eigenvalue weighted by Gasteiger charge is -2.16. The minimum atomic E-state index is -0.207. The number of carbonyl (C=O) groups is 1. The van der Waals surface area contributed by atoms with Crippen LogP contribution in [0.15, 0.2) is 0 Å². The lowest BCUT2D eigenvalue weighted by Crippen LogP contribution is -2.45. The van der Waals surface area contributed by atoms with E-state index in [1.165, 1.54) is 0 Å². The molecule has 0 aromatic heterocycles. The van der Waals surface area contributed by atoms with E-state index in [9.17, 15) is 4.79 Å². The molecule has 1 saturated carbocycles. The van der Waals surface area contributed by atoms with Crippen molar-refractivity contribution in [2.24, 2.45) is 11.7 Å². The summed E-state index contributed by atoms with van der Waals surface area (Å²) in [5.41, 5.74) is 5.28. The third-order valence-electron chi connectivity index (χ3n) is 2.32. The number of likely N-dealkylation sites (N-methyl/N-ethyl adjacent to an activating group) is 1. The normalized spacial score (nSPS) is 19.0. The van der Waals surface area contributed by atoms with Crippen LogP contribution in [0, 0.1) is 5.92 Å². The van der Waals surface area contributed by atoms with Crippen molar-refractivity contribution in [1.82, 2.24) is 10.2 Å². The predicted molar refractivity (Wildman–Crippen MR) is 52.3 cm³/mol. The molecule has 13 heavy (non-hydrogen) atoms. The summed E-state index contributed by atoms with van der Waals surface area (Å²) in [5.74, 6) is 0.293. The first-order chi connectivity index (χ1) is 6.11. The Hall–Kier alpha value is -0.610. The van der Waals surface area contributed by atoms with E-state index in [-0.39, 0.29) is 11.9 Å². The molecule has 0 bridgehead atoms. The average Bonchev–Trinajstić information content (AvgIpc) is 2.79. The number of primary amides is 1. The lowest BCUT2D eigenvalue weighted by molar-refractivity contribution is -0.120. The van der Waals surface area contributed by atoms with E-state index in [1.54, 1.807) is 0 Å². The van der Waals surface area contributed by atoms with Crippen LogP contribution in [-0.2, 0) is 4.79 Å². The number of carbonyl (C=O) groups excluding carboxylic acids is 1. The Labute approximate surface area is 79.5 Å². The van der Waals surface area contributed by atoms with E-state index in [2.05, 4.69) is 10.2 Å². The summed E-state index contributed by atoms with van der Waals surface area (Å²) in [6, 6.07) is -0.0973. The van der Waals surface area contributed by atoms with Gasteiger partial charge < -0.3 is 16.0 Å². The summed E-state index contributed by atoms with van der Waals surface area (Å²) in [6.45, 7) is 1.77. The Kier molecular flexibility index (Phi) is 3.69. The Balaban J connectivity index is 2.19. The molecule has 3 N–H and O–H groups in total. The number of nitrogens with zero attached hydrogens (tertiary/aromatic N) is 1. The zero-order chi connectivity index (χ0) is 9.84. The number of amides is 1. The van der Waals surface area contributed by atoms with Crippen LogP contribution in [0.4, 0.5) is 0 Å². The highest BCUT2D eigenvalue weighted by atomic mass is 16.1. The standard InChI is InChI=1S/C9H19N3O/c1-12(2)6-5-11-8(9(10)13)7-3-4-7/h7-8,11H,3-6H2,1-2H3,(H2,10,13). The maximum Gasteiger partial charge on any atom is 0.234 e. The first-order valence-corrected chi connectivity index (χ1v) is 4.78. The molecule has 0 spiro atoms. The summed E-state index contributed by atoms with van der Waals surface area (Å²) in [6.07, 6.45) is 2.28. The van der Waals surface area contributed by atoms with Gasteiger partial charge in [0.05, 0.1) is 6.04 Å². The summed E-state index contributed by atoms with van der Waals surface area (Å²) in [4.78, 5) is 13.1. The molecule has 1 amide bonds. The van der Waals surface area contributed by atoms with E-state index < -0.39 is 0 Å². The molecule has 0 aromatic rings. The van der Waals surface area contributed by atoms with Gasteiger partial charge in [0.25, 0.3) is 0 Å². The Morgan fingerprint density at radius 3 is 2.62 bits per heavy atom. The van der Waals surface area contributed by atoms with Crippen LogP contribution < -0.4 is 11.1 Å². The van der Waals surface area contributed by atoms with E-state index >= 15 is 0 Å². The largest absolute Gasteiger partial charge is 0.368 e. The van der Waals surface area contributed by atoms with Crippen LogP contribution in [0.5, 0.6) is 0 Å². The first-order valence-electron chi connectivity index (χ1n) is 4.78. The number of nitrogens with two attached hydrogens (primary N) is 1. The number of hydrogen-bond acceptors (Lipinski definition) is 3. The minimum Gasteiger partial charge on any atom is -0.368 e. The Bertz CT molecular complexity index is 178. The van der Waals surface area contributed by atoms with Gasteiger partial charge in [-0.1, -0.05) is 0 Å². The van der Waals surface area contributed by atoms with Gasteiger partial charge >= 0.3 is 0 Å². The molecule has 0 aliphatic heterocycles. The second kappa shape index (κ2) is 4.58. The molecule has 1 fully saturated rings. The molecule has 4 heteroatoms. The third-order valence-corrected chi connectivity index (χ3v) is 2.32. The molecule has 0 saturated heterocycles. The summed E-state index contributed by atoms with van der Waals surface area (Å²) >= 11 is 0. The van der Waals surface area contributed by atoms with Crippen LogP contribution in [-0.4, -0.2) is 44.0 Å². The van der Waals surface area contributed by atoms with Crippen LogP contribution in [0.3, 0.4) is 0 Å². The zero-order valence-corrected chi connectivity index (χ0v) is 8.42. The molecular formula is C9H19N3O. The molecule has 0 heterocycles. The molecule has 1 aliphatic rings. The van der Waals surface area contributed by atoms with Crippen molar-refractivity contribution >= 4 is 5.91 Å². The van der Waals surface area contributed by atoms with E-state index in [0.29, 0.717) is 5.92 Å². The number of rotatable bonds is 6. The van der Waals surface area contributed by atoms with Crippen molar-refractivity contribution in [1.29, 1.82) is 0 Å². The number of hydrogen-bond donors (Lipinski definition) is 2. The molecule has 1 rings (SSSR count). The second-order valence-corrected chi connectivity index (χ2v) is 3.97. The molecule has 76 valence electrons. The van der Waals surface area contributed by atoms with E-state index in [1.807, 2.05) is 14.1 Å². The van der Waals surface area contributed by atoms with Gasteiger partial charge in [-0.3, -0.25) is 4.79 Å². The smallest absolute Gasteiger partial charge is 0.234 e. The van der Waals surface area contributed by atoms with Crippen molar-refractivity contribution in [3.8, 4) is 0 Å². The van der Waals surface area contributed by atoms with Gasteiger partial charge in [0.1, 0.15) is 0 Å². The lowest BCUT2D eigenvalue weighted by atomic mass is 10.2. The summed E-state index contributed by atoms with van der Waals surface area (Å²) in [7, 11) is 4.02. The molecule has 4 nitrogen and oxygen atoms in total. The van der Waals surface area contributed by atoms with Crippen LogP contribution in [0.1, 0.15) is 12.8 Å². The molecule has 1 unspecified atom stereocenters. The highest BCUT2D eigenvalue weighted by Gasteiger charge is 2.34. The van der Waals surface area contributed by atoms with Gasteiger partial charge in [-0.25, -0.2) is 0 Å². The molecule has 1 aliphatic carbocycles. The second-order valence-electron chi connectivity index (χ2n) is 3.97. The highest BCUT2D eigenvalue weighted by molar-refractivity contribution is 5.80. The van der Waals surface area contributed by atoms with Gasteiger partial charge in [-0.05, 0) is 32.9 Å². The van der Waals surface area contributed by atoms with Crippen molar-refractivity contribution in [2.75, 3.05) is 27.2 Å². The maximum absolute atomic E-state index is 11.0. The van der Waals surface area contributed by atoms with Gasteiger partial charge in [0, 0.05) is 13.1 Å². The molecule has 0 radical (unpaired) electrons. The first kappa shape index (κ1) is 10.5. The van der Waals surface area contributed by atoms with Crippen molar-refractivity contribution in [2.45, 2.75) is 18.9 Å². The minimum absolute atomic E-state index is 0.0973. The van der Waals surface area contributed by atoms with Gasteiger partial charge in [0.2, 0.25) is 5.91 Å². The average molecular weight is 185 g/mol. The zero-order valence-electron chi connectivity index (χ0n) is 8.42. The third kappa shape index (κ3) is 3.74. The Morgan fingerprint density at radius 2 is 2.23 bits per heavy atom. The highest BCUT2D eigenvalue weighted by Crippen LogP contribution is 2.32. The molecule has 1 atom stereocenters. The van der Waals surface area contributed by atoms with Crippen LogP contribution in [0.25, 0.3) is 0 Å². The van der Waals surface area contributed by atoms with Crippen molar-refractivity contribution in [3.63, 3.8) is 0 Å².